The van der Waals surface area contributed by atoms with Gasteiger partial charge in [-0.2, -0.15) is 0 Å². The summed E-state index contributed by atoms with van der Waals surface area (Å²) >= 11 is 9.58. The first-order chi connectivity index (χ1) is 14.5. The van der Waals surface area contributed by atoms with Crippen LogP contribution in [0.3, 0.4) is 0 Å². The van der Waals surface area contributed by atoms with Gasteiger partial charge in [-0.15, -0.1) is 0 Å². The van der Waals surface area contributed by atoms with Crippen molar-refractivity contribution < 1.29 is 19.1 Å². The van der Waals surface area contributed by atoms with Gasteiger partial charge in [-0.05, 0) is 30.7 Å². The summed E-state index contributed by atoms with van der Waals surface area (Å²) in [5.74, 6) is -1.34. The highest BCUT2D eigenvalue weighted by Gasteiger charge is 2.22. The maximum absolute atomic E-state index is 15.5. The van der Waals surface area contributed by atoms with Gasteiger partial charge in [0.25, 0.3) is 5.91 Å². The van der Waals surface area contributed by atoms with Gasteiger partial charge >= 0.3 is 0 Å². The number of unbranched alkanes of at least 4 members (excludes halogenated alkanes) is 1. The standard InChI is InChI=1S/C20H21BrClFN4O3/c1-2-3-6-27-11-24-19-16(27)10-13(20(29)26-30-8-7-28)18(17(19)23)25-15-5-4-12(21)9-14(15)22/h4-5,9-11,25,28H,2-3,6-8H2,1H3,(H,26,29). The Morgan fingerprint density at radius 3 is 2.90 bits per heavy atom. The fourth-order valence-corrected chi connectivity index (χ4v) is 3.63. The Morgan fingerprint density at radius 2 is 2.20 bits per heavy atom. The first-order valence-electron chi connectivity index (χ1n) is 9.38. The number of aromatic nitrogens is 2. The number of amides is 1. The number of aliphatic hydroxyl groups excluding tert-OH is 1. The first kappa shape index (κ1) is 22.5. The van der Waals surface area contributed by atoms with Crippen molar-refractivity contribution >= 4 is 55.8 Å². The van der Waals surface area contributed by atoms with Crippen LogP contribution in [-0.4, -0.2) is 33.8 Å². The molecule has 0 aliphatic rings. The molecule has 3 N–H and O–H groups in total. The Hall–Kier alpha value is -2.20. The van der Waals surface area contributed by atoms with E-state index in [0.717, 1.165) is 17.3 Å². The van der Waals surface area contributed by atoms with Crippen LogP contribution in [0.2, 0.25) is 5.02 Å². The smallest absolute Gasteiger partial charge is 0.277 e. The number of nitrogens with one attached hydrogen (secondary N) is 2. The number of aryl methyl sites for hydroxylation is 1. The van der Waals surface area contributed by atoms with Gasteiger partial charge in [-0.1, -0.05) is 40.9 Å². The molecule has 1 heterocycles. The second-order valence-electron chi connectivity index (χ2n) is 6.52. The number of anilines is 2. The van der Waals surface area contributed by atoms with Crippen molar-refractivity contribution in [3.8, 4) is 0 Å². The predicted octanol–water partition coefficient (Wildman–Crippen LogP) is 4.79. The van der Waals surface area contributed by atoms with E-state index in [1.807, 2.05) is 4.57 Å². The number of benzene rings is 2. The molecule has 0 saturated carbocycles. The van der Waals surface area contributed by atoms with Gasteiger partial charge in [0.15, 0.2) is 5.82 Å². The second-order valence-corrected chi connectivity index (χ2v) is 7.85. The number of fused-ring (bicyclic) bond motifs is 1. The van der Waals surface area contributed by atoms with E-state index in [0.29, 0.717) is 22.8 Å². The fourth-order valence-electron chi connectivity index (χ4n) is 2.91. The molecule has 0 aliphatic heterocycles. The van der Waals surface area contributed by atoms with Crippen LogP contribution in [0, 0.1) is 5.82 Å². The van der Waals surface area contributed by atoms with Crippen molar-refractivity contribution in [2.45, 2.75) is 26.3 Å². The monoisotopic (exact) mass is 498 g/mol. The van der Waals surface area contributed by atoms with Crippen LogP contribution < -0.4 is 10.8 Å². The predicted molar refractivity (Wildman–Crippen MR) is 118 cm³/mol. The number of nitrogens with zero attached hydrogens (tertiary/aromatic N) is 2. The van der Waals surface area contributed by atoms with Gasteiger partial charge in [-0.3, -0.25) is 9.63 Å². The van der Waals surface area contributed by atoms with Gasteiger partial charge in [0.2, 0.25) is 0 Å². The van der Waals surface area contributed by atoms with E-state index in [2.05, 4.69) is 38.6 Å². The van der Waals surface area contributed by atoms with Crippen molar-refractivity contribution in [1.29, 1.82) is 0 Å². The summed E-state index contributed by atoms with van der Waals surface area (Å²) in [6.07, 6.45) is 3.42. The third kappa shape index (κ3) is 4.92. The minimum atomic E-state index is -0.672. The highest BCUT2D eigenvalue weighted by molar-refractivity contribution is 9.10. The van der Waals surface area contributed by atoms with E-state index >= 15 is 4.39 Å². The Kier molecular flexibility index (Phi) is 7.65. The molecule has 0 bridgehead atoms. The molecule has 3 aromatic rings. The largest absolute Gasteiger partial charge is 0.394 e. The number of rotatable bonds is 9. The zero-order valence-electron chi connectivity index (χ0n) is 16.2. The number of aliphatic hydroxyl groups is 1. The highest BCUT2D eigenvalue weighted by Crippen LogP contribution is 2.34. The summed E-state index contributed by atoms with van der Waals surface area (Å²) < 4.78 is 18.0. The van der Waals surface area contributed by atoms with E-state index in [-0.39, 0.29) is 30.0 Å². The van der Waals surface area contributed by atoms with E-state index in [1.54, 1.807) is 30.6 Å². The molecule has 1 aromatic heterocycles. The lowest BCUT2D eigenvalue weighted by Crippen LogP contribution is -2.26. The number of halogens is 3. The molecule has 3 rings (SSSR count). The molecule has 2 aromatic carbocycles. The summed E-state index contributed by atoms with van der Waals surface area (Å²) in [5.41, 5.74) is 3.25. The number of carbonyl (C=O) groups excluding carboxylic acids is 1. The lowest BCUT2D eigenvalue weighted by molar-refractivity contribution is 0.0169. The molecule has 10 heteroatoms. The van der Waals surface area contributed by atoms with Crippen LogP contribution in [0.25, 0.3) is 11.0 Å². The van der Waals surface area contributed by atoms with Crippen molar-refractivity contribution in [2.24, 2.45) is 0 Å². The van der Waals surface area contributed by atoms with Crippen LogP contribution in [0.4, 0.5) is 15.8 Å². The van der Waals surface area contributed by atoms with Crippen LogP contribution in [0.15, 0.2) is 35.1 Å². The zero-order valence-corrected chi connectivity index (χ0v) is 18.6. The molecular formula is C20H21BrClFN4O3. The van der Waals surface area contributed by atoms with Gasteiger partial charge in [0, 0.05) is 11.0 Å². The van der Waals surface area contributed by atoms with Crippen molar-refractivity contribution in [2.75, 3.05) is 18.5 Å². The molecule has 160 valence electrons. The first-order valence-corrected chi connectivity index (χ1v) is 10.6. The third-order valence-corrected chi connectivity index (χ3v) is 5.21. The van der Waals surface area contributed by atoms with Crippen LogP contribution in [0.1, 0.15) is 30.1 Å². The van der Waals surface area contributed by atoms with Gasteiger partial charge in [-0.25, -0.2) is 14.9 Å². The Balaban J connectivity index is 2.09. The van der Waals surface area contributed by atoms with E-state index in [4.69, 9.17) is 21.5 Å². The quantitative estimate of drug-likeness (QED) is 0.291. The highest BCUT2D eigenvalue weighted by atomic mass is 79.9. The number of carbonyl (C=O) groups is 1. The molecule has 1 amide bonds. The summed E-state index contributed by atoms with van der Waals surface area (Å²) in [6, 6.07) is 6.63. The van der Waals surface area contributed by atoms with Gasteiger partial charge < -0.3 is 15.0 Å². The van der Waals surface area contributed by atoms with Gasteiger partial charge in [0.05, 0.1) is 47.0 Å². The summed E-state index contributed by atoms with van der Waals surface area (Å²) in [6.45, 7) is 2.35. The normalized spacial score (nSPS) is 11.1. The van der Waals surface area contributed by atoms with Crippen LogP contribution in [-0.2, 0) is 11.4 Å². The van der Waals surface area contributed by atoms with E-state index in [1.165, 1.54) is 0 Å². The third-order valence-electron chi connectivity index (χ3n) is 4.40. The number of imidazole rings is 1. The molecule has 0 spiro atoms. The van der Waals surface area contributed by atoms with Gasteiger partial charge in [0.1, 0.15) is 5.52 Å². The lowest BCUT2D eigenvalue weighted by Gasteiger charge is -2.15. The van der Waals surface area contributed by atoms with E-state index < -0.39 is 11.7 Å². The molecule has 0 saturated heterocycles. The fraction of sp³-hybridized carbons (Fsp3) is 0.300. The maximum atomic E-state index is 15.5. The number of hydrogen-bond acceptors (Lipinski definition) is 5. The molecule has 0 unspecified atom stereocenters. The molecule has 0 radical (unpaired) electrons. The zero-order chi connectivity index (χ0) is 21.7. The second kappa shape index (κ2) is 10.2. The summed E-state index contributed by atoms with van der Waals surface area (Å²) in [4.78, 5) is 21.8. The Morgan fingerprint density at radius 1 is 1.40 bits per heavy atom. The summed E-state index contributed by atoms with van der Waals surface area (Å²) in [7, 11) is 0. The molecule has 0 aliphatic carbocycles. The minimum Gasteiger partial charge on any atom is -0.394 e. The van der Waals surface area contributed by atoms with Crippen molar-refractivity contribution in [1.82, 2.24) is 15.0 Å². The molecule has 0 fully saturated rings. The number of hydroxylamine groups is 1. The minimum absolute atomic E-state index is 0.0233. The average Bonchev–Trinajstić information content (AvgIpc) is 3.13. The van der Waals surface area contributed by atoms with Crippen LogP contribution in [0.5, 0.6) is 0 Å². The maximum Gasteiger partial charge on any atom is 0.277 e. The Labute approximate surface area is 186 Å². The van der Waals surface area contributed by atoms with Crippen molar-refractivity contribution in [3.05, 3.63) is 51.5 Å². The number of hydrogen-bond donors (Lipinski definition) is 3. The molecular weight excluding hydrogens is 479 g/mol. The van der Waals surface area contributed by atoms with E-state index in [9.17, 15) is 4.79 Å². The summed E-state index contributed by atoms with van der Waals surface area (Å²) in [5, 5.41) is 12.1. The SMILES string of the molecule is CCCCn1cnc2c(F)c(Nc3ccc(Br)cc3Cl)c(C(=O)NOCCO)cc21. The van der Waals surface area contributed by atoms with Crippen molar-refractivity contribution in [3.63, 3.8) is 0 Å². The molecule has 0 atom stereocenters. The topological polar surface area (TPSA) is 88.4 Å². The molecule has 30 heavy (non-hydrogen) atoms. The lowest BCUT2D eigenvalue weighted by atomic mass is 10.1. The average molecular weight is 500 g/mol. The Bertz CT molecular complexity index is 1060. The molecule has 7 nitrogen and oxygen atoms in total. The van der Waals surface area contributed by atoms with Crippen LogP contribution >= 0.6 is 27.5 Å².